The van der Waals surface area contributed by atoms with E-state index in [2.05, 4.69) is 26.2 Å². The van der Waals surface area contributed by atoms with Crippen LogP contribution in [-0.4, -0.2) is 34.6 Å². The number of amides is 3. The smallest absolute Gasteiger partial charge is 0.305 e. The van der Waals surface area contributed by atoms with Crippen LogP contribution < -0.4 is 19.8 Å². The van der Waals surface area contributed by atoms with Gasteiger partial charge in [0, 0.05) is 31.8 Å². The van der Waals surface area contributed by atoms with Gasteiger partial charge in [-0.1, -0.05) is 50.5 Å². The van der Waals surface area contributed by atoms with E-state index in [1.165, 1.54) is 29.2 Å². The Bertz CT molecular complexity index is 2040. The van der Waals surface area contributed by atoms with Gasteiger partial charge in [0.25, 0.3) is 5.91 Å². The maximum atomic E-state index is 14.0. The zero-order valence-corrected chi connectivity index (χ0v) is 28.8. The van der Waals surface area contributed by atoms with Gasteiger partial charge in [-0.25, -0.2) is 4.39 Å². The maximum absolute atomic E-state index is 14.0. The second-order valence-electron chi connectivity index (χ2n) is 12.1. The van der Waals surface area contributed by atoms with E-state index in [0.29, 0.717) is 33.6 Å². The number of nitrogens with one attached hydrogen (secondary N) is 2. The Kier molecular flexibility index (Phi) is 7.79. The largest absolute Gasteiger partial charge is 0.483 e. The molecule has 240 valence electrons. The van der Waals surface area contributed by atoms with Crippen molar-refractivity contribution in [1.29, 1.82) is 0 Å². The number of fused-ring (bicyclic) bond motifs is 9. The summed E-state index contributed by atoms with van der Waals surface area (Å²) in [6.07, 6.45) is 0.707. The van der Waals surface area contributed by atoms with Gasteiger partial charge in [-0.15, -0.1) is 11.8 Å². The quantitative estimate of drug-likeness (QED) is 0.199. The molecule has 1 saturated heterocycles. The normalized spacial score (nSPS) is 27.1. The first-order chi connectivity index (χ1) is 22.6. The van der Waals surface area contributed by atoms with E-state index >= 15 is 0 Å². The molecule has 0 spiro atoms. The summed E-state index contributed by atoms with van der Waals surface area (Å²) in [6.45, 7) is -0.295. The number of imide groups is 1. The molecule has 2 N–H and O–H groups in total. The van der Waals surface area contributed by atoms with E-state index in [1.807, 2.05) is 12.1 Å². The molecule has 3 aromatic carbocycles. The minimum Gasteiger partial charge on any atom is -0.483 e. The van der Waals surface area contributed by atoms with Crippen molar-refractivity contribution in [2.24, 2.45) is 29.6 Å². The topological polar surface area (TPSA) is 109 Å². The molecule has 3 amide bonds. The Balaban J connectivity index is 1.13. The molecule has 3 heterocycles. The third-order valence-electron chi connectivity index (χ3n) is 9.68. The Morgan fingerprint density at radius 3 is 2.49 bits per heavy atom. The number of ether oxygens (including phenoxy) is 1. The Hall–Kier alpha value is -3.16. The highest BCUT2D eigenvalue weighted by atomic mass is 79.9. The number of thiazole rings is 1. The molecule has 4 unspecified atom stereocenters. The number of carbonyl (C=O) groups excluding carboxylic acids is 3. The molecule has 14 heteroatoms. The second-order valence-corrected chi connectivity index (χ2v) is 16.0. The van der Waals surface area contributed by atoms with Crippen LogP contribution in [0, 0.1) is 35.4 Å². The molecule has 8 nitrogen and oxygen atoms in total. The molecule has 4 aliphatic rings. The molecular formula is C33H23BrCl2FN3O5S2. The minimum absolute atomic E-state index is 0.0429. The molecule has 1 aromatic heterocycles. The number of hydrogen-bond acceptors (Lipinski definition) is 7. The second kappa shape index (κ2) is 11.8. The summed E-state index contributed by atoms with van der Waals surface area (Å²) < 4.78 is 20.6. The number of nitrogens with zero attached hydrogens (tertiary/aromatic N) is 1. The predicted octanol–water partition coefficient (Wildman–Crippen LogP) is 7.34. The van der Waals surface area contributed by atoms with E-state index in [9.17, 15) is 23.6 Å². The van der Waals surface area contributed by atoms with Crippen molar-refractivity contribution in [2.45, 2.75) is 22.6 Å². The minimum atomic E-state index is -0.521. The van der Waals surface area contributed by atoms with E-state index in [-0.39, 0.29) is 52.2 Å². The van der Waals surface area contributed by atoms with Crippen LogP contribution in [0.3, 0.4) is 0 Å². The number of aromatic nitrogens is 1. The van der Waals surface area contributed by atoms with Gasteiger partial charge in [0.05, 0.1) is 32.6 Å². The molecule has 3 fully saturated rings. The molecule has 2 aliphatic carbocycles. The van der Waals surface area contributed by atoms with Crippen molar-refractivity contribution in [2.75, 3.05) is 16.8 Å². The average Bonchev–Trinajstić information content (AvgIpc) is 3.78. The van der Waals surface area contributed by atoms with Crippen LogP contribution in [0.4, 0.5) is 15.8 Å². The van der Waals surface area contributed by atoms with Crippen molar-refractivity contribution in [3.63, 3.8) is 0 Å². The first-order valence-electron chi connectivity index (χ1n) is 14.8. The van der Waals surface area contributed by atoms with Gasteiger partial charge in [0.1, 0.15) is 11.6 Å². The summed E-state index contributed by atoms with van der Waals surface area (Å²) in [6, 6.07) is 15.7. The number of benzene rings is 3. The van der Waals surface area contributed by atoms with Crippen LogP contribution in [0.5, 0.6) is 5.75 Å². The molecular weight excluding hydrogens is 752 g/mol. The predicted molar refractivity (Wildman–Crippen MR) is 182 cm³/mol. The average molecular weight is 776 g/mol. The number of hydrogen-bond donors (Lipinski definition) is 2. The highest BCUT2D eigenvalue weighted by Crippen LogP contribution is 2.69. The van der Waals surface area contributed by atoms with Gasteiger partial charge in [0.15, 0.2) is 6.61 Å². The van der Waals surface area contributed by atoms with Crippen LogP contribution >= 0.6 is 62.2 Å². The van der Waals surface area contributed by atoms with Gasteiger partial charge in [-0.2, -0.15) is 0 Å². The van der Waals surface area contributed by atoms with Gasteiger partial charge in [-0.05, 0) is 84.8 Å². The third-order valence-corrected chi connectivity index (χ3v) is 13.5. The molecule has 2 aliphatic heterocycles. The molecule has 0 radical (unpaired) electrons. The van der Waals surface area contributed by atoms with Gasteiger partial charge in [-0.3, -0.25) is 24.1 Å². The molecule has 2 bridgehead atoms. The number of halogens is 4. The summed E-state index contributed by atoms with van der Waals surface area (Å²) in [7, 11) is 0. The number of thioether (sulfide) groups is 1. The standard InChI is InChI=1S/C33H23BrCl2FN3O5S2/c34-13-1-8-22(45-12-23(41)38-15-4-7-20(35)21(36)10-15)17(9-13)24-25-18-11-19(28(25)46-30-29(24)47-33(44)39-30)27-26(18)31(42)40(32(27)43)16-5-2-14(37)3-6-16/h1-10,18-19,24-28H,11-12H2,(H,38,41)(H,39,44)/t18-,19-,24-,25?,26?,27?,28?/m1/s1. The lowest BCUT2D eigenvalue weighted by Gasteiger charge is -2.43. The van der Waals surface area contributed by atoms with Crippen molar-refractivity contribution >= 4 is 91.3 Å². The number of aromatic amines is 1. The maximum Gasteiger partial charge on any atom is 0.305 e. The van der Waals surface area contributed by atoms with E-state index in [0.717, 1.165) is 31.3 Å². The summed E-state index contributed by atoms with van der Waals surface area (Å²) in [5.41, 5.74) is 1.62. The molecule has 8 rings (SSSR count). The fourth-order valence-corrected chi connectivity index (χ4v) is 11.6. The Morgan fingerprint density at radius 2 is 1.74 bits per heavy atom. The number of rotatable bonds is 6. The van der Waals surface area contributed by atoms with Crippen molar-refractivity contribution in [3.05, 3.63) is 101 Å². The Morgan fingerprint density at radius 1 is 1.00 bits per heavy atom. The van der Waals surface area contributed by atoms with Gasteiger partial charge < -0.3 is 15.0 Å². The van der Waals surface area contributed by atoms with Gasteiger partial charge in [0.2, 0.25) is 11.8 Å². The SMILES string of the molecule is O=C(COc1ccc(Br)cc1[C@H]1c2sc(=O)[nH]c2SC2C1[C@H]1C[C@@H]2C2C(=O)N(c3ccc(F)cc3)C(=O)C21)Nc1ccc(Cl)c(Cl)c1. The highest BCUT2D eigenvalue weighted by Gasteiger charge is 2.69. The lowest BCUT2D eigenvalue weighted by Crippen LogP contribution is -2.42. The van der Waals surface area contributed by atoms with E-state index < -0.39 is 23.6 Å². The lowest BCUT2D eigenvalue weighted by atomic mass is 9.68. The van der Waals surface area contributed by atoms with Crippen molar-refractivity contribution in [1.82, 2.24) is 4.98 Å². The lowest BCUT2D eigenvalue weighted by molar-refractivity contribution is -0.123. The number of anilines is 2. The summed E-state index contributed by atoms with van der Waals surface area (Å²) in [4.78, 5) is 58.4. The zero-order chi connectivity index (χ0) is 32.7. The molecule has 2 saturated carbocycles. The summed E-state index contributed by atoms with van der Waals surface area (Å²) in [5, 5.41) is 4.16. The van der Waals surface area contributed by atoms with Gasteiger partial charge >= 0.3 is 4.87 Å². The summed E-state index contributed by atoms with van der Waals surface area (Å²) >= 11 is 18.4. The fourth-order valence-electron chi connectivity index (χ4n) is 8.02. The van der Waals surface area contributed by atoms with Crippen LogP contribution in [0.1, 0.15) is 22.8 Å². The Labute approximate surface area is 294 Å². The van der Waals surface area contributed by atoms with Crippen molar-refractivity contribution in [3.8, 4) is 5.75 Å². The number of carbonyl (C=O) groups is 3. The number of H-pyrrole nitrogens is 1. The van der Waals surface area contributed by atoms with Crippen LogP contribution in [0.15, 0.2) is 75.0 Å². The van der Waals surface area contributed by atoms with Crippen LogP contribution in [0.25, 0.3) is 0 Å². The van der Waals surface area contributed by atoms with E-state index in [1.54, 1.807) is 36.0 Å². The fraction of sp³-hybridized carbons (Fsp3) is 0.273. The monoisotopic (exact) mass is 773 g/mol. The third kappa shape index (κ3) is 5.15. The van der Waals surface area contributed by atoms with Crippen molar-refractivity contribution < 1.29 is 23.5 Å². The van der Waals surface area contributed by atoms with Crippen LogP contribution in [0.2, 0.25) is 10.0 Å². The first kappa shape index (κ1) is 31.1. The highest BCUT2D eigenvalue weighted by molar-refractivity contribution is 9.10. The summed E-state index contributed by atoms with van der Waals surface area (Å²) in [5.74, 6) is -2.54. The molecule has 7 atom stereocenters. The zero-order valence-electron chi connectivity index (χ0n) is 24.0. The van der Waals surface area contributed by atoms with E-state index in [4.69, 9.17) is 27.9 Å². The first-order valence-corrected chi connectivity index (χ1v) is 18.0. The van der Waals surface area contributed by atoms with Crippen LogP contribution in [-0.2, 0) is 14.4 Å². The molecule has 47 heavy (non-hydrogen) atoms. The molecule has 4 aromatic rings.